The molecule has 0 atom stereocenters. The number of piperidine rings is 1. The third-order valence-electron chi connectivity index (χ3n) is 7.04. The van der Waals surface area contributed by atoms with Gasteiger partial charge in [-0.2, -0.15) is 0 Å². The smallest absolute Gasteiger partial charge is 0.120 e. The third kappa shape index (κ3) is 8.68. The predicted molar refractivity (Wildman–Crippen MR) is 133 cm³/mol. The molecule has 1 aliphatic carbocycles. The van der Waals surface area contributed by atoms with Gasteiger partial charge in [0.05, 0.1) is 12.7 Å². The van der Waals surface area contributed by atoms with Gasteiger partial charge in [-0.3, -0.25) is 0 Å². The maximum Gasteiger partial charge on any atom is 0.120 e. The highest BCUT2D eigenvalue weighted by Crippen LogP contribution is 2.30. The molecule has 0 amide bonds. The number of rotatable bonds is 11. The van der Waals surface area contributed by atoms with Gasteiger partial charge in [-0.25, -0.2) is 0 Å². The van der Waals surface area contributed by atoms with E-state index in [9.17, 15) is 0 Å². The molecule has 1 aromatic carbocycles. The molecule has 1 heterocycles. The first kappa shape index (κ1) is 25.0. The lowest BCUT2D eigenvalue weighted by molar-refractivity contribution is 0.160. The molecule has 0 bridgehead atoms. The second kappa shape index (κ2) is 13.2. The quantitative estimate of drug-likeness (QED) is 0.401. The Hall–Kier alpha value is -0.620. The summed E-state index contributed by atoms with van der Waals surface area (Å²) in [7, 11) is 1.78. The Bertz CT molecular complexity index is 638. The highest BCUT2D eigenvalue weighted by atomic mass is 79.9. The van der Waals surface area contributed by atoms with E-state index < -0.39 is 0 Å². The molecule has 1 aliphatic heterocycles. The molecular weight excluding hydrogens is 452 g/mol. The van der Waals surface area contributed by atoms with E-state index in [1.54, 1.807) is 7.11 Å². The Morgan fingerprint density at radius 3 is 2.48 bits per heavy atom. The molecule has 0 spiro atoms. The number of ether oxygens (including phenoxy) is 2. The van der Waals surface area contributed by atoms with Crippen molar-refractivity contribution in [3.63, 3.8) is 0 Å². The van der Waals surface area contributed by atoms with E-state index >= 15 is 0 Å². The summed E-state index contributed by atoms with van der Waals surface area (Å²) in [6, 6.07) is 7.16. The van der Waals surface area contributed by atoms with Crippen LogP contribution in [0.3, 0.4) is 0 Å². The van der Waals surface area contributed by atoms with Crippen LogP contribution in [0.25, 0.3) is 0 Å². The monoisotopic (exact) mass is 494 g/mol. The van der Waals surface area contributed by atoms with Gasteiger partial charge < -0.3 is 19.7 Å². The summed E-state index contributed by atoms with van der Waals surface area (Å²) in [4.78, 5) is 2.72. The molecule has 1 saturated heterocycles. The number of methoxy groups -OCH3 is 1. The first-order valence-electron chi connectivity index (χ1n) is 12.4. The molecule has 1 saturated carbocycles. The number of halogens is 1. The fourth-order valence-corrected chi connectivity index (χ4v) is 5.57. The minimum Gasteiger partial charge on any atom is -0.491 e. The Balaban J connectivity index is 1.33. The number of hydrogen-bond acceptors (Lipinski definition) is 4. The lowest BCUT2D eigenvalue weighted by atomic mass is 9.83. The number of benzene rings is 1. The van der Waals surface area contributed by atoms with Gasteiger partial charge in [0, 0.05) is 24.2 Å². The van der Waals surface area contributed by atoms with E-state index in [0.717, 1.165) is 37.2 Å². The fraction of sp³-hybridized carbons (Fsp3) is 0.769. The molecule has 4 nitrogen and oxygen atoms in total. The summed E-state index contributed by atoms with van der Waals surface area (Å²) < 4.78 is 12.3. The van der Waals surface area contributed by atoms with E-state index in [4.69, 9.17) is 9.47 Å². The summed E-state index contributed by atoms with van der Waals surface area (Å²) in [5.74, 6) is 2.71. The predicted octanol–water partition coefficient (Wildman–Crippen LogP) is 5.68. The van der Waals surface area contributed by atoms with Crippen molar-refractivity contribution in [3.8, 4) is 5.75 Å². The van der Waals surface area contributed by atoms with Gasteiger partial charge in [-0.15, -0.1) is 0 Å². The van der Waals surface area contributed by atoms with Gasteiger partial charge in [-0.05, 0) is 120 Å². The molecule has 0 radical (unpaired) electrons. The molecule has 1 aromatic rings. The normalized spacial score (nSPS) is 23.4. The molecule has 3 rings (SSSR count). The minimum absolute atomic E-state index is 0.222. The summed E-state index contributed by atoms with van der Waals surface area (Å²) in [5.41, 5.74) is 1.40. The molecule has 2 fully saturated rings. The molecule has 0 unspecified atom stereocenters. The van der Waals surface area contributed by atoms with Crippen molar-refractivity contribution in [3.05, 3.63) is 28.2 Å². The summed E-state index contributed by atoms with van der Waals surface area (Å²) in [6.45, 7) is 9.81. The van der Waals surface area contributed by atoms with E-state index in [1.807, 2.05) is 0 Å². The van der Waals surface area contributed by atoms with Gasteiger partial charge in [0.15, 0.2) is 0 Å². The first-order chi connectivity index (χ1) is 15.0. The van der Waals surface area contributed by atoms with Crippen molar-refractivity contribution in [1.82, 2.24) is 10.2 Å². The third-order valence-corrected chi connectivity index (χ3v) is 7.82. The minimum atomic E-state index is 0.222. The lowest BCUT2D eigenvalue weighted by Gasteiger charge is -2.34. The van der Waals surface area contributed by atoms with Crippen molar-refractivity contribution in [1.29, 1.82) is 0 Å². The van der Waals surface area contributed by atoms with E-state index in [2.05, 4.69) is 58.2 Å². The fourth-order valence-electron chi connectivity index (χ4n) is 5.16. The topological polar surface area (TPSA) is 33.7 Å². The van der Waals surface area contributed by atoms with Gasteiger partial charge in [-0.1, -0.05) is 15.9 Å². The highest BCUT2D eigenvalue weighted by Gasteiger charge is 2.24. The standard InChI is InChI=1S/C26H43BrN2O2/c1-20(2)31-25-8-9-26(27)23(19-25)18-22-11-15-29(16-12-22)14-10-21-4-6-24(7-5-21)28-13-17-30-3/h8-9,19-22,24,28H,4-7,10-18H2,1-3H3. The maximum atomic E-state index is 5.90. The van der Waals surface area contributed by atoms with Crippen molar-refractivity contribution in [2.24, 2.45) is 11.8 Å². The molecule has 176 valence electrons. The SMILES string of the molecule is COCCNC1CCC(CCN2CCC(Cc3cc(OC(C)C)ccc3Br)CC2)CC1. The van der Waals surface area contributed by atoms with Gasteiger partial charge >= 0.3 is 0 Å². The van der Waals surface area contributed by atoms with Crippen LogP contribution in [-0.2, 0) is 11.2 Å². The summed E-state index contributed by atoms with van der Waals surface area (Å²) in [5, 5.41) is 3.64. The Labute approximate surface area is 198 Å². The van der Waals surface area contributed by atoms with Gasteiger partial charge in [0.2, 0.25) is 0 Å². The van der Waals surface area contributed by atoms with Crippen LogP contribution >= 0.6 is 15.9 Å². The Morgan fingerprint density at radius 1 is 1.06 bits per heavy atom. The zero-order valence-electron chi connectivity index (χ0n) is 19.9. The number of nitrogens with one attached hydrogen (secondary N) is 1. The van der Waals surface area contributed by atoms with Crippen LogP contribution < -0.4 is 10.1 Å². The van der Waals surface area contributed by atoms with Crippen LogP contribution in [0.15, 0.2) is 22.7 Å². The zero-order valence-corrected chi connectivity index (χ0v) is 21.5. The van der Waals surface area contributed by atoms with Crippen molar-refractivity contribution in [2.75, 3.05) is 39.9 Å². The molecule has 0 aromatic heterocycles. The highest BCUT2D eigenvalue weighted by molar-refractivity contribution is 9.10. The van der Waals surface area contributed by atoms with Crippen molar-refractivity contribution >= 4 is 15.9 Å². The van der Waals surface area contributed by atoms with Crippen LogP contribution in [0.2, 0.25) is 0 Å². The average Bonchev–Trinajstić information content (AvgIpc) is 2.76. The average molecular weight is 496 g/mol. The van der Waals surface area contributed by atoms with Crippen molar-refractivity contribution < 1.29 is 9.47 Å². The van der Waals surface area contributed by atoms with Crippen molar-refractivity contribution in [2.45, 2.75) is 77.4 Å². The van der Waals surface area contributed by atoms with Crippen LogP contribution in [-0.4, -0.2) is 56.9 Å². The largest absolute Gasteiger partial charge is 0.491 e. The zero-order chi connectivity index (χ0) is 22.1. The molecular formula is C26H43BrN2O2. The summed E-state index contributed by atoms with van der Waals surface area (Å²) >= 11 is 3.75. The van der Waals surface area contributed by atoms with Crippen LogP contribution in [0, 0.1) is 11.8 Å². The number of likely N-dealkylation sites (tertiary alicyclic amines) is 1. The maximum absolute atomic E-state index is 5.90. The molecule has 31 heavy (non-hydrogen) atoms. The second-order valence-corrected chi connectivity index (χ2v) is 10.7. The van der Waals surface area contributed by atoms with E-state index in [-0.39, 0.29) is 6.10 Å². The van der Waals surface area contributed by atoms with E-state index in [0.29, 0.717) is 6.04 Å². The first-order valence-corrected chi connectivity index (χ1v) is 13.2. The van der Waals surface area contributed by atoms with Crippen LogP contribution in [0.5, 0.6) is 5.75 Å². The van der Waals surface area contributed by atoms with Crippen LogP contribution in [0.1, 0.15) is 64.4 Å². The van der Waals surface area contributed by atoms with Gasteiger partial charge in [0.1, 0.15) is 5.75 Å². The number of hydrogen-bond donors (Lipinski definition) is 1. The van der Waals surface area contributed by atoms with E-state index in [1.165, 1.54) is 74.6 Å². The Kier molecular flexibility index (Phi) is 10.6. The van der Waals surface area contributed by atoms with Crippen LogP contribution in [0.4, 0.5) is 0 Å². The number of nitrogens with zero attached hydrogens (tertiary/aromatic N) is 1. The molecule has 1 N–H and O–H groups in total. The van der Waals surface area contributed by atoms with Gasteiger partial charge in [0.25, 0.3) is 0 Å². The second-order valence-electron chi connectivity index (χ2n) is 9.86. The summed E-state index contributed by atoms with van der Waals surface area (Å²) in [6.07, 6.45) is 10.9. The molecule has 5 heteroatoms. The lowest BCUT2D eigenvalue weighted by Crippen LogP contribution is -2.37. The Morgan fingerprint density at radius 2 is 1.81 bits per heavy atom. The molecule has 2 aliphatic rings.